The third-order valence-electron chi connectivity index (χ3n) is 3.11. The first kappa shape index (κ1) is 9.85. The van der Waals surface area contributed by atoms with Gasteiger partial charge in [-0.25, -0.2) is 4.39 Å². The molecule has 2 aromatic rings. The van der Waals surface area contributed by atoms with Crippen LogP contribution in [0, 0.1) is 5.82 Å². The second-order valence-electron chi connectivity index (χ2n) is 4.06. The molecule has 0 amide bonds. The van der Waals surface area contributed by atoms with E-state index < -0.39 is 0 Å². The van der Waals surface area contributed by atoms with Crippen LogP contribution in [-0.2, 0) is 12.8 Å². The van der Waals surface area contributed by atoms with Gasteiger partial charge in [0.1, 0.15) is 5.82 Å². The lowest BCUT2D eigenvalue weighted by atomic mass is 10.1. The van der Waals surface area contributed by atoms with Crippen molar-refractivity contribution in [3.63, 3.8) is 0 Å². The summed E-state index contributed by atoms with van der Waals surface area (Å²) in [5.74, 6) is -0.348. The number of halogens is 2. The van der Waals surface area contributed by atoms with E-state index in [0.717, 1.165) is 30.5 Å². The van der Waals surface area contributed by atoms with Crippen LogP contribution in [0.5, 0.6) is 0 Å². The largest absolute Gasteiger partial charge is 0.398 e. The van der Waals surface area contributed by atoms with Crippen molar-refractivity contribution in [2.45, 2.75) is 19.3 Å². The van der Waals surface area contributed by atoms with Gasteiger partial charge in [-0.05, 0) is 37.0 Å². The fourth-order valence-electron chi connectivity index (χ4n) is 2.33. The first-order valence-electron chi connectivity index (χ1n) is 5.23. The van der Waals surface area contributed by atoms with Gasteiger partial charge in [0.05, 0.1) is 15.9 Å². The number of hydrogen-bond acceptors (Lipinski definition) is 2. The molecule has 0 aliphatic heterocycles. The van der Waals surface area contributed by atoms with Crippen molar-refractivity contribution in [1.29, 1.82) is 0 Å². The number of benzene rings is 1. The molecule has 2 nitrogen and oxygen atoms in total. The van der Waals surface area contributed by atoms with Gasteiger partial charge in [0.15, 0.2) is 0 Å². The molecule has 0 fully saturated rings. The van der Waals surface area contributed by atoms with Crippen LogP contribution in [0.25, 0.3) is 10.9 Å². The Balaban J connectivity index is 2.50. The molecule has 16 heavy (non-hydrogen) atoms. The van der Waals surface area contributed by atoms with E-state index >= 15 is 0 Å². The number of rotatable bonds is 0. The number of nitrogens with two attached hydrogens (primary N) is 1. The molecule has 2 N–H and O–H groups in total. The van der Waals surface area contributed by atoms with Crippen molar-refractivity contribution in [2.75, 3.05) is 5.73 Å². The lowest BCUT2D eigenvalue weighted by molar-refractivity contribution is 0.640. The molecule has 0 saturated carbocycles. The minimum absolute atomic E-state index is 0.348. The summed E-state index contributed by atoms with van der Waals surface area (Å²) < 4.78 is 13.7. The number of nitrogen functional groups attached to an aromatic ring is 1. The lowest BCUT2D eigenvalue weighted by Gasteiger charge is -2.09. The van der Waals surface area contributed by atoms with Gasteiger partial charge >= 0.3 is 0 Å². The summed E-state index contributed by atoms with van der Waals surface area (Å²) in [5, 5.41) is 0.825. The Kier molecular flexibility index (Phi) is 2.04. The summed E-state index contributed by atoms with van der Waals surface area (Å²) in [4.78, 5) is 4.42. The number of hydrogen-bond donors (Lipinski definition) is 1. The Hall–Kier alpha value is -1.35. The van der Waals surface area contributed by atoms with Gasteiger partial charge in [-0.3, -0.25) is 4.98 Å². The van der Waals surface area contributed by atoms with Crippen molar-refractivity contribution in [1.82, 2.24) is 4.98 Å². The normalized spacial score (nSPS) is 14.4. The molecule has 0 bridgehead atoms. The third-order valence-corrected chi connectivity index (χ3v) is 3.41. The summed E-state index contributed by atoms with van der Waals surface area (Å²) >= 11 is 6.02. The van der Waals surface area contributed by atoms with Crippen LogP contribution in [0.3, 0.4) is 0 Å². The minimum atomic E-state index is -0.348. The van der Waals surface area contributed by atoms with E-state index in [9.17, 15) is 4.39 Å². The van der Waals surface area contributed by atoms with Crippen molar-refractivity contribution in [3.05, 3.63) is 34.2 Å². The zero-order chi connectivity index (χ0) is 11.3. The van der Waals surface area contributed by atoms with Gasteiger partial charge in [0.25, 0.3) is 0 Å². The van der Waals surface area contributed by atoms with Crippen LogP contribution in [0.15, 0.2) is 12.1 Å². The molecule has 82 valence electrons. The second kappa shape index (κ2) is 3.32. The number of fused-ring (bicyclic) bond motifs is 2. The first-order chi connectivity index (χ1) is 7.68. The Morgan fingerprint density at radius 2 is 2.12 bits per heavy atom. The maximum Gasteiger partial charge on any atom is 0.134 e. The Morgan fingerprint density at radius 3 is 2.94 bits per heavy atom. The molecule has 0 radical (unpaired) electrons. The topological polar surface area (TPSA) is 38.9 Å². The van der Waals surface area contributed by atoms with Crippen LogP contribution in [0.2, 0.25) is 5.02 Å². The summed E-state index contributed by atoms with van der Waals surface area (Å²) in [7, 11) is 0. The molecule has 1 aliphatic rings. The van der Waals surface area contributed by atoms with Crippen LogP contribution in [0.1, 0.15) is 17.7 Å². The molecule has 1 aromatic carbocycles. The maximum atomic E-state index is 13.7. The van der Waals surface area contributed by atoms with E-state index in [4.69, 9.17) is 17.3 Å². The van der Waals surface area contributed by atoms with Gasteiger partial charge in [-0.15, -0.1) is 0 Å². The van der Waals surface area contributed by atoms with Crippen LogP contribution >= 0.6 is 11.6 Å². The molecule has 1 heterocycles. The predicted molar refractivity (Wildman–Crippen MR) is 63.1 cm³/mol. The van der Waals surface area contributed by atoms with Crippen molar-refractivity contribution < 1.29 is 4.39 Å². The van der Waals surface area contributed by atoms with Crippen LogP contribution in [-0.4, -0.2) is 4.98 Å². The quantitative estimate of drug-likeness (QED) is 0.763. The Labute approximate surface area is 97.2 Å². The molecule has 0 unspecified atom stereocenters. The average molecular weight is 237 g/mol. The minimum Gasteiger partial charge on any atom is -0.398 e. The zero-order valence-electron chi connectivity index (χ0n) is 8.56. The lowest BCUT2D eigenvalue weighted by Crippen LogP contribution is -2.00. The molecule has 4 heteroatoms. The highest BCUT2D eigenvalue weighted by Gasteiger charge is 2.20. The molecule has 3 rings (SSSR count). The van der Waals surface area contributed by atoms with Crippen molar-refractivity contribution in [3.8, 4) is 0 Å². The summed E-state index contributed by atoms with van der Waals surface area (Å²) in [6.45, 7) is 0. The van der Waals surface area contributed by atoms with Gasteiger partial charge in [-0.1, -0.05) is 11.6 Å². The van der Waals surface area contributed by atoms with Crippen LogP contribution < -0.4 is 5.73 Å². The van der Waals surface area contributed by atoms with Crippen LogP contribution in [0.4, 0.5) is 10.1 Å². The van der Waals surface area contributed by atoms with Crippen molar-refractivity contribution in [2.24, 2.45) is 0 Å². The van der Waals surface area contributed by atoms with Gasteiger partial charge in [0.2, 0.25) is 0 Å². The van der Waals surface area contributed by atoms with E-state index in [2.05, 4.69) is 4.98 Å². The van der Waals surface area contributed by atoms with E-state index in [1.165, 1.54) is 12.1 Å². The summed E-state index contributed by atoms with van der Waals surface area (Å²) in [6.07, 6.45) is 2.82. The second-order valence-corrected chi connectivity index (χ2v) is 4.46. The monoisotopic (exact) mass is 236 g/mol. The van der Waals surface area contributed by atoms with E-state index in [0.29, 0.717) is 21.6 Å². The summed E-state index contributed by atoms with van der Waals surface area (Å²) in [5.41, 5.74) is 8.96. The predicted octanol–water partition coefficient (Wildman–Crippen LogP) is 3.10. The maximum absolute atomic E-state index is 13.7. The molecular weight excluding hydrogens is 227 g/mol. The zero-order valence-corrected chi connectivity index (χ0v) is 9.31. The Bertz CT molecular complexity index is 595. The fraction of sp³-hybridized carbons (Fsp3) is 0.250. The molecule has 0 saturated heterocycles. The molecule has 1 aromatic heterocycles. The molecule has 0 atom stereocenters. The highest BCUT2D eigenvalue weighted by atomic mass is 35.5. The number of aromatic nitrogens is 1. The highest BCUT2D eigenvalue weighted by molar-refractivity contribution is 6.35. The average Bonchev–Trinajstić information content (AvgIpc) is 2.72. The third kappa shape index (κ3) is 1.21. The molecule has 1 aliphatic carbocycles. The number of pyridine rings is 1. The highest BCUT2D eigenvalue weighted by Crippen LogP contribution is 2.35. The molecule has 0 spiro atoms. The van der Waals surface area contributed by atoms with Gasteiger partial charge < -0.3 is 5.73 Å². The summed E-state index contributed by atoms with van der Waals surface area (Å²) in [6, 6.07) is 2.86. The van der Waals surface area contributed by atoms with Gasteiger partial charge in [0, 0.05) is 11.4 Å². The fourth-order valence-corrected chi connectivity index (χ4v) is 2.53. The first-order valence-corrected chi connectivity index (χ1v) is 5.61. The number of anilines is 1. The smallest absolute Gasteiger partial charge is 0.134 e. The van der Waals surface area contributed by atoms with Gasteiger partial charge in [-0.2, -0.15) is 0 Å². The molecular formula is C12H10ClFN2. The number of aryl methyl sites for hydroxylation is 1. The number of nitrogens with zero attached hydrogens (tertiary/aromatic N) is 1. The van der Waals surface area contributed by atoms with E-state index in [-0.39, 0.29) is 5.82 Å². The SMILES string of the molecule is Nc1c2c(nc3c(Cl)ccc(F)c13)CCC2. The van der Waals surface area contributed by atoms with E-state index in [1.807, 2.05) is 0 Å². The van der Waals surface area contributed by atoms with E-state index in [1.54, 1.807) is 0 Å². The standard InChI is InChI=1S/C12H10ClFN2/c13-7-4-5-8(14)10-11(15)6-2-1-3-9(6)16-12(7)10/h4-5H,1-3H2,(H2,15,16). The van der Waals surface area contributed by atoms with Crippen molar-refractivity contribution >= 4 is 28.2 Å². The Morgan fingerprint density at radius 1 is 1.31 bits per heavy atom.